The molecule has 0 N–H and O–H groups in total. The van der Waals surface area contributed by atoms with Crippen molar-refractivity contribution in [3.63, 3.8) is 0 Å². The molecule has 2 aromatic carbocycles. The first-order chi connectivity index (χ1) is 8.91. The fourth-order valence-corrected chi connectivity index (χ4v) is 1.97. The molecular weight excluding hydrogens is 300 g/mol. The first-order valence-corrected chi connectivity index (χ1v) is 5.80. The second-order valence-electron chi connectivity index (χ2n) is 3.68. The summed E-state index contributed by atoms with van der Waals surface area (Å²) in [5.74, 6) is -3.97. The maximum absolute atomic E-state index is 13.2. The van der Waals surface area contributed by atoms with Gasteiger partial charge in [-0.25, -0.2) is 13.2 Å². The lowest BCUT2D eigenvalue weighted by molar-refractivity contribution is 0.103. The number of carbonyl (C=O) groups is 1. The third kappa shape index (κ3) is 2.60. The monoisotopic (exact) mass is 304 g/mol. The maximum atomic E-state index is 13.2. The van der Waals surface area contributed by atoms with Crippen molar-refractivity contribution in [3.8, 4) is 0 Å². The van der Waals surface area contributed by atoms with Gasteiger partial charge in [-0.15, -0.1) is 0 Å². The van der Waals surface area contributed by atoms with E-state index in [1.165, 1.54) is 12.1 Å². The lowest BCUT2D eigenvalue weighted by Gasteiger charge is -2.07. The molecule has 2 rings (SSSR count). The van der Waals surface area contributed by atoms with Crippen LogP contribution in [0.2, 0.25) is 10.0 Å². The highest BCUT2D eigenvalue weighted by atomic mass is 35.5. The van der Waals surface area contributed by atoms with Crippen molar-refractivity contribution in [2.24, 2.45) is 0 Å². The van der Waals surface area contributed by atoms with E-state index in [0.29, 0.717) is 12.1 Å². The smallest absolute Gasteiger partial charge is 0.196 e. The van der Waals surface area contributed by atoms with Gasteiger partial charge >= 0.3 is 0 Å². The van der Waals surface area contributed by atoms with Crippen LogP contribution >= 0.6 is 23.2 Å². The van der Waals surface area contributed by atoms with Gasteiger partial charge < -0.3 is 0 Å². The summed E-state index contributed by atoms with van der Waals surface area (Å²) < 4.78 is 39.3. The second kappa shape index (κ2) is 5.23. The average molecular weight is 305 g/mol. The summed E-state index contributed by atoms with van der Waals surface area (Å²) in [5, 5.41) is -0.669. The van der Waals surface area contributed by atoms with Gasteiger partial charge in [-0.05, 0) is 24.3 Å². The van der Waals surface area contributed by atoms with Gasteiger partial charge in [-0.2, -0.15) is 0 Å². The Hall–Kier alpha value is -1.52. The number of rotatable bonds is 2. The number of ketones is 1. The molecule has 0 heterocycles. The molecule has 0 spiro atoms. The van der Waals surface area contributed by atoms with Crippen LogP contribution in [0.4, 0.5) is 13.2 Å². The molecule has 0 aromatic heterocycles. The SMILES string of the molecule is O=C(c1cc(F)c(F)cc1Cl)c1cccc(F)c1Cl. The van der Waals surface area contributed by atoms with Gasteiger partial charge in [0, 0.05) is 11.1 Å². The maximum Gasteiger partial charge on any atom is 0.196 e. The summed E-state index contributed by atoms with van der Waals surface area (Å²) in [6, 6.07) is 4.96. The van der Waals surface area contributed by atoms with Crippen molar-refractivity contribution in [2.75, 3.05) is 0 Å². The van der Waals surface area contributed by atoms with Gasteiger partial charge in [0.25, 0.3) is 0 Å². The molecule has 0 unspecified atom stereocenters. The van der Waals surface area contributed by atoms with E-state index in [1.54, 1.807) is 0 Å². The molecule has 0 amide bonds. The van der Waals surface area contributed by atoms with Crippen LogP contribution in [0, 0.1) is 17.5 Å². The van der Waals surface area contributed by atoms with Crippen LogP contribution in [0.25, 0.3) is 0 Å². The lowest BCUT2D eigenvalue weighted by atomic mass is 10.0. The fraction of sp³-hybridized carbons (Fsp3) is 0. The molecule has 1 nitrogen and oxygen atoms in total. The van der Waals surface area contributed by atoms with E-state index < -0.39 is 28.3 Å². The van der Waals surface area contributed by atoms with E-state index in [-0.39, 0.29) is 16.1 Å². The molecule has 0 saturated carbocycles. The minimum absolute atomic E-state index is 0.172. The highest BCUT2D eigenvalue weighted by molar-refractivity contribution is 6.38. The standard InChI is InChI=1S/C13H5Cl2F3O/c14-8-5-11(18)10(17)4-7(8)13(19)6-2-1-3-9(16)12(6)15/h1-5H. The molecule has 98 valence electrons. The molecule has 0 saturated heterocycles. The zero-order valence-corrected chi connectivity index (χ0v) is 10.7. The number of carbonyl (C=O) groups excluding carboxylic acids is 1. The molecule has 0 atom stereocenters. The van der Waals surface area contributed by atoms with Gasteiger partial charge in [-0.1, -0.05) is 29.3 Å². The summed E-state index contributed by atoms with van der Waals surface area (Å²) in [5.41, 5.74) is -0.456. The van der Waals surface area contributed by atoms with Crippen molar-refractivity contribution >= 4 is 29.0 Å². The predicted molar refractivity (Wildman–Crippen MR) is 66.2 cm³/mol. The van der Waals surface area contributed by atoms with E-state index in [2.05, 4.69) is 0 Å². The predicted octanol–water partition coefficient (Wildman–Crippen LogP) is 4.64. The number of hydrogen-bond acceptors (Lipinski definition) is 1. The minimum Gasteiger partial charge on any atom is -0.288 e. The number of benzene rings is 2. The Balaban J connectivity index is 2.56. The van der Waals surface area contributed by atoms with Crippen LogP contribution in [0.3, 0.4) is 0 Å². The molecule has 19 heavy (non-hydrogen) atoms. The zero-order valence-electron chi connectivity index (χ0n) is 9.18. The van der Waals surface area contributed by atoms with Crippen LogP contribution in [0.1, 0.15) is 15.9 Å². The molecule has 0 aliphatic rings. The Morgan fingerprint density at radius 2 is 1.53 bits per heavy atom. The van der Waals surface area contributed by atoms with Gasteiger partial charge in [0.15, 0.2) is 17.4 Å². The Labute approximate surface area is 116 Å². The molecular formula is C13H5Cl2F3O. The second-order valence-corrected chi connectivity index (χ2v) is 4.46. The van der Waals surface area contributed by atoms with Gasteiger partial charge in [-0.3, -0.25) is 4.79 Å². The summed E-state index contributed by atoms with van der Waals surface area (Å²) in [4.78, 5) is 12.1. The number of hydrogen-bond donors (Lipinski definition) is 0. The Bertz CT molecular complexity index is 671. The quantitative estimate of drug-likeness (QED) is 0.583. The van der Waals surface area contributed by atoms with Crippen LogP contribution in [-0.2, 0) is 0 Å². The third-order valence-electron chi connectivity index (χ3n) is 2.45. The van der Waals surface area contributed by atoms with E-state index in [0.717, 1.165) is 6.07 Å². The lowest BCUT2D eigenvalue weighted by Crippen LogP contribution is -2.05. The summed E-state index contributed by atoms with van der Waals surface area (Å²) in [7, 11) is 0. The molecule has 0 radical (unpaired) electrons. The van der Waals surface area contributed by atoms with Crippen LogP contribution in [0.5, 0.6) is 0 Å². The van der Waals surface area contributed by atoms with Crippen LogP contribution in [0.15, 0.2) is 30.3 Å². The molecule has 0 aliphatic carbocycles. The minimum atomic E-state index is -1.22. The van der Waals surface area contributed by atoms with Gasteiger partial charge in [0.2, 0.25) is 0 Å². The molecule has 0 fully saturated rings. The molecule has 0 bridgehead atoms. The third-order valence-corrected chi connectivity index (χ3v) is 3.15. The molecule has 2 aromatic rings. The van der Waals surface area contributed by atoms with E-state index >= 15 is 0 Å². The highest BCUT2D eigenvalue weighted by Crippen LogP contribution is 2.27. The van der Waals surface area contributed by atoms with E-state index in [9.17, 15) is 18.0 Å². The fourth-order valence-electron chi connectivity index (χ4n) is 1.52. The Morgan fingerprint density at radius 1 is 0.895 bits per heavy atom. The normalized spacial score (nSPS) is 10.6. The van der Waals surface area contributed by atoms with Crippen molar-refractivity contribution in [3.05, 3.63) is 69.0 Å². The summed E-state index contributed by atoms with van der Waals surface area (Å²) in [6.07, 6.45) is 0. The largest absolute Gasteiger partial charge is 0.288 e. The van der Waals surface area contributed by atoms with Crippen molar-refractivity contribution in [2.45, 2.75) is 0 Å². The zero-order chi connectivity index (χ0) is 14.2. The molecule has 6 heteroatoms. The Kier molecular flexibility index (Phi) is 3.83. The first-order valence-electron chi connectivity index (χ1n) is 5.05. The van der Waals surface area contributed by atoms with E-state index in [4.69, 9.17) is 23.2 Å². The van der Waals surface area contributed by atoms with Crippen molar-refractivity contribution in [1.82, 2.24) is 0 Å². The van der Waals surface area contributed by atoms with Crippen LogP contribution < -0.4 is 0 Å². The van der Waals surface area contributed by atoms with E-state index in [1.807, 2.05) is 0 Å². The van der Waals surface area contributed by atoms with Gasteiger partial charge in [0.05, 0.1) is 10.0 Å². The first kappa shape index (κ1) is 13.9. The Morgan fingerprint density at radius 3 is 2.21 bits per heavy atom. The number of halogens is 5. The topological polar surface area (TPSA) is 17.1 Å². The highest BCUT2D eigenvalue weighted by Gasteiger charge is 2.20. The summed E-state index contributed by atoms with van der Waals surface area (Å²) >= 11 is 11.3. The van der Waals surface area contributed by atoms with Crippen LogP contribution in [-0.4, -0.2) is 5.78 Å². The van der Waals surface area contributed by atoms with Crippen molar-refractivity contribution < 1.29 is 18.0 Å². The summed E-state index contributed by atoms with van der Waals surface area (Å²) in [6.45, 7) is 0. The average Bonchev–Trinajstić information content (AvgIpc) is 2.36. The molecule has 0 aliphatic heterocycles. The van der Waals surface area contributed by atoms with Crippen molar-refractivity contribution in [1.29, 1.82) is 0 Å². The van der Waals surface area contributed by atoms with Gasteiger partial charge in [0.1, 0.15) is 5.82 Å².